The van der Waals surface area contributed by atoms with Crippen LogP contribution in [-0.2, 0) is 4.74 Å². The van der Waals surface area contributed by atoms with E-state index in [2.05, 4.69) is 18.8 Å². The molecule has 2 rings (SSSR count). The van der Waals surface area contributed by atoms with Gasteiger partial charge in [0.15, 0.2) is 0 Å². The summed E-state index contributed by atoms with van der Waals surface area (Å²) >= 11 is 1.39. The number of carbonyl (C=O) groups is 1. The second-order valence-electron chi connectivity index (χ2n) is 5.51. The Labute approximate surface area is 146 Å². The maximum absolute atomic E-state index is 13.0. The summed E-state index contributed by atoms with van der Waals surface area (Å²) in [5.41, 5.74) is 1.24. The Morgan fingerprint density at radius 3 is 2.54 bits per heavy atom. The zero-order valence-corrected chi connectivity index (χ0v) is 15.1. The van der Waals surface area contributed by atoms with Gasteiger partial charge in [-0.15, -0.1) is 11.3 Å². The second kappa shape index (κ2) is 8.89. The summed E-state index contributed by atoms with van der Waals surface area (Å²) in [5, 5.41) is 2.48. The summed E-state index contributed by atoms with van der Waals surface area (Å²) in [6.07, 6.45) is 1.78. The third-order valence-corrected chi connectivity index (χ3v) is 4.89. The fraction of sp³-hybridized carbons (Fsp3) is 0.444. The standard InChI is InChI=1S/C18H23FN2O2S/c1-4-15(5-2)21(10-11-23-3)18(22)16-12-24-17(20-16)13-6-8-14(19)9-7-13/h6-9,12,15H,4-5,10-11H2,1-3H3. The molecule has 0 saturated carbocycles. The molecule has 1 aromatic heterocycles. The van der Waals surface area contributed by atoms with Crippen LogP contribution >= 0.6 is 11.3 Å². The first kappa shape index (κ1) is 18.5. The lowest BCUT2D eigenvalue weighted by Crippen LogP contribution is -2.42. The van der Waals surface area contributed by atoms with Gasteiger partial charge < -0.3 is 9.64 Å². The Balaban J connectivity index is 2.21. The zero-order valence-electron chi connectivity index (χ0n) is 14.3. The van der Waals surface area contributed by atoms with Crippen molar-refractivity contribution in [1.82, 2.24) is 9.88 Å². The molecule has 0 aliphatic heterocycles. The molecule has 130 valence electrons. The van der Waals surface area contributed by atoms with Crippen molar-refractivity contribution in [3.63, 3.8) is 0 Å². The number of benzene rings is 1. The molecule has 1 heterocycles. The van der Waals surface area contributed by atoms with Crippen LogP contribution < -0.4 is 0 Å². The summed E-state index contributed by atoms with van der Waals surface area (Å²) in [6, 6.07) is 6.31. The number of methoxy groups -OCH3 is 1. The second-order valence-corrected chi connectivity index (χ2v) is 6.36. The Morgan fingerprint density at radius 1 is 1.29 bits per heavy atom. The van der Waals surface area contributed by atoms with Crippen LogP contribution in [0.15, 0.2) is 29.6 Å². The molecule has 0 atom stereocenters. The molecule has 0 unspecified atom stereocenters. The van der Waals surface area contributed by atoms with E-state index < -0.39 is 0 Å². The van der Waals surface area contributed by atoms with Crippen molar-refractivity contribution in [3.8, 4) is 10.6 Å². The number of amides is 1. The van der Waals surface area contributed by atoms with E-state index in [1.165, 1.54) is 23.5 Å². The van der Waals surface area contributed by atoms with Crippen molar-refractivity contribution in [2.45, 2.75) is 32.7 Å². The molecule has 0 aliphatic rings. The highest BCUT2D eigenvalue weighted by atomic mass is 32.1. The van der Waals surface area contributed by atoms with Gasteiger partial charge in [0.25, 0.3) is 5.91 Å². The van der Waals surface area contributed by atoms with Crippen molar-refractivity contribution < 1.29 is 13.9 Å². The van der Waals surface area contributed by atoms with E-state index in [4.69, 9.17) is 4.74 Å². The fourth-order valence-corrected chi connectivity index (χ4v) is 3.41. The third-order valence-electron chi connectivity index (χ3n) is 3.99. The Bertz CT molecular complexity index is 653. The first-order valence-electron chi connectivity index (χ1n) is 8.12. The van der Waals surface area contributed by atoms with Crippen LogP contribution in [0.25, 0.3) is 10.6 Å². The Morgan fingerprint density at radius 2 is 1.96 bits per heavy atom. The van der Waals surface area contributed by atoms with Crippen molar-refractivity contribution in [1.29, 1.82) is 0 Å². The van der Waals surface area contributed by atoms with Gasteiger partial charge in [-0.2, -0.15) is 0 Å². The number of hydrogen-bond acceptors (Lipinski definition) is 4. The van der Waals surface area contributed by atoms with E-state index in [1.54, 1.807) is 24.6 Å². The van der Waals surface area contributed by atoms with Crippen LogP contribution in [0.4, 0.5) is 4.39 Å². The molecule has 0 saturated heterocycles. The van der Waals surface area contributed by atoms with E-state index in [0.29, 0.717) is 18.8 Å². The topological polar surface area (TPSA) is 42.4 Å². The van der Waals surface area contributed by atoms with Crippen LogP contribution in [0.5, 0.6) is 0 Å². The predicted molar refractivity (Wildman–Crippen MR) is 94.8 cm³/mol. The number of halogens is 1. The lowest BCUT2D eigenvalue weighted by atomic mass is 10.1. The van der Waals surface area contributed by atoms with E-state index >= 15 is 0 Å². The quantitative estimate of drug-likeness (QED) is 0.716. The molecule has 0 radical (unpaired) electrons. The number of aromatic nitrogens is 1. The van der Waals surface area contributed by atoms with E-state index in [1.807, 2.05) is 4.90 Å². The Kier molecular flexibility index (Phi) is 6.87. The largest absolute Gasteiger partial charge is 0.383 e. The predicted octanol–water partition coefficient (Wildman–Crippen LogP) is 4.23. The van der Waals surface area contributed by atoms with Crippen molar-refractivity contribution >= 4 is 17.2 Å². The number of rotatable bonds is 8. The van der Waals surface area contributed by atoms with Crippen LogP contribution in [-0.4, -0.2) is 42.1 Å². The smallest absolute Gasteiger partial charge is 0.273 e. The highest BCUT2D eigenvalue weighted by Crippen LogP contribution is 2.25. The first-order valence-corrected chi connectivity index (χ1v) is 9.00. The summed E-state index contributed by atoms with van der Waals surface area (Å²) in [7, 11) is 1.63. The molecule has 1 aromatic carbocycles. The number of thiazole rings is 1. The molecule has 24 heavy (non-hydrogen) atoms. The first-order chi connectivity index (χ1) is 11.6. The minimum atomic E-state index is -0.286. The SMILES string of the molecule is CCC(CC)N(CCOC)C(=O)c1csc(-c2ccc(F)cc2)n1. The van der Waals surface area contributed by atoms with Gasteiger partial charge >= 0.3 is 0 Å². The summed E-state index contributed by atoms with van der Waals surface area (Å²) < 4.78 is 18.2. The van der Waals surface area contributed by atoms with Crippen LogP contribution in [0.1, 0.15) is 37.2 Å². The van der Waals surface area contributed by atoms with Crippen molar-refractivity contribution in [2.75, 3.05) is 20.3 Å². The lowest BCUT2D eigenvalue weighted by Gasteiger charge is -2.29. The number of hydrogen-bond donors (Lipinski definition) is 0. The third kappa shape index (κ3) is 4.39. The van der Waals surface area contributed by atoms with E-state index in [0.717, 1.165) is 23.4 Å². The molecule has 0 aliphatic carbocycles. The molecule has 1 amide bonds. The van der Waals surface area contributed by atoms with Crippen molar-refractivity contribution in [2.24, 2.45) is 0 Å². The molecular formula is C18H23FN2O2S. The van der Waals surface area contributed by atoms with Gasteiger partial charge in [0.1, 0.15) is 16.5 Å². The van der Waals surface area contributed by atoms with Gasteiger partial charge in [-0.05, 0) is 37.1 Å². The normalized spacial score (nSPS) is 11.0. The monoisotopic (exact) mass is 350 g/mol. The minimum absolute atomic E-state index is 0.0784. The van der Waals surface area contributed by atoms with Crippen LogP contribution in [0.3, 0.4) is 0 Å². The van der Waals surface area contributed by atoms with Gasteiger partial charge in [-0.25, -0.2) is 9.37 Å². The average Bonchev–Trinajstić information content (AvgIpc) is 3.09. The highest BCUT2D eigenvalue weighted by molar-refractivity contribution is 7.13. The average molecular weight is 350 g/mol. The Hall–Kier alpha value is -1.79. The number of nitrogens with zero attached hydrogens (tertiary/aromatic N) is 2. The minimum Gasteiger partial charge on any atom is -0.383 e. The van der Waals surface area contributed by atoms with Gasteiger partial charge in [0.2, 0.25) is 0 Å². The van der Waals surface area contributed by atoms with E-state index in [9.17, 15) is 9.18 Å². The lowest BCUT2D eigenvalue weighted by molar-refractivity contribution is 0.0584. The van der Waals surface area contributed by atoms with Gasteiger partial charge in [-0.1, -0.05) is 13.8 Å². The molecule has 6 heteroatoms. The zero-order chi connectivity index (χ0) is 17.5. The van der Waals surface area contributed by atoms with E-state index in [-0.39, 0.29) is 17.8 Å². The molecule has 0 bridgehead atoms. The van der Waals surface area contributed by atoms with Crippen LogP contribution in [0.2, 0.25) is 0 Å². The number of carbonyl (C=O) groups excluding carboxylic acids is 1. The maximum Gasteiger partial charge on any atom is 0.273 e. The molecular weight excluding hydrogens is 327 g/mol. The highest BCUT2D eigenvalue weighted by Gasteiger charge is 2.24. The van der Waals surface area contributed by atoms with Gasteiger partial charge in [-0.3, -0.25) is 4.79 Å². The fourth-order valence-electron chi connectivity index (χ4n) is 2.61. The maximum atomic E-state index is 13.0. The van der Waals surface area contributed by atoms with Gasteiger partial charge in [0, 0.05) is 30.6 Å². The van der Waals surface area contributed by atoms with Gasteiger partial charge in [0.05, 0.1) is 6.61 Å². The molecule has 0 N–H and O–H groups in total. The van der Waals surface area contributed by atoms with Crippen molar-refractivity contribution in [3.05, 3.63) is 41.2 Å². The summed E-state index contributed by atoms with van der Waals surface area (Å²) in [4.78, 5) is 19.2. The molecule has 2 aromatic rings. The summed E-state index contributed by atoms with van der Waals surface area (Å²) in [6.45, 7) is 5.20. The van der Waals surface area contributed by atoms with Crippen LogP contribution in [0, 0.1) is 5.82 Å². The number of ether oxygens (including phenoxy) is 1. The molecule has 4 nitrogen and oxygen atoms in total. The summed E-state index contributed by atoms with van der Waals surface area (Å²) in [5.74, 6) is -0.364. The molecule has 0 fully saturated rings. The molecule has 0 spiro atoms.